The largest absolute Gasteiger partial charge is 0.328 e. The van der Waals surface area contributed by atoms with Gasteiger partial charge in [0, 0.05) is 19.4 Å². The van der Waals surface area contributed by atoms with Gasteiger partial charge in [0.2, 0.25) is 0 Å². The Kier molecular flexibility index (Phi) is 2.41. The molecule has 0 aliphatic rings. The summed E-state index contributed by atoms with van der Waals surface area (Å²) in [7, 11) is 1.70. The second-order valence-electron chi connectivity index (χ2n) is 3.45. The maximum atomic E-state index is 12.6. The van der Waals surface area contributed by atoms with Crippen molar-refractivity contribution in [3.8, 4) is 0 Å². The molecule has 0 bridgehead atoms. The molecule has 0 unspecified atom stereocenters. The first kappa shape index (κ1) is 9.71. The van der Waals surface area contributed by atoms with Gasteiger partial charge in [-0.05, 0) is 17.7 Å². The predicted molar refractivity (Wildman–Crippen MR) is 55.2 cm³/mol. The van der Waals surface area contributed by atoms with E-state index < -0.39 is 0 Å². The second-order valence-corrected chi connectivity index (χ2v) is 3.45. The minimum absolute atomic E-state index is 0.0701. The highest BCUT2D eigenvalue weighted by molar-refractivity contribution is 5.16. The summed E-state index contributed by atoms with van der Waals surface area (Å²) in [6.45, 7) is 0.472. The normalized spacial score (nSPS) is 10.5. The van der Waals surface area contributed by atoms with Crippen LogP contribution in [-0.4, -0.2) is 9.13 Å². The number of nitrogens with zero attached hydrogens (tertiary/aromatic N) is 2. The fourth-order valence-corrected chi connectivity index (χ4v) is 1.42. The van der Waals surface area contributed by atoms with Crippen LogP contribution in [0.3, 0.4) is 0 Å². The molecule has 2 rings (SSSR count). The Morgan fingerprint density at radius 1 is 1.20 bits per heavy atom. The monoisotopic (exact) mass is 206 g/mol. The van der Waals surface area contributed by atoms with Gasteiger partial charge in [0.25, 0.3) is 0 Å². The number of aryl methyl sites for hydroxylation is 1. The zero-order chi connectivity index (χ0) is 10.8. The molecule has 0 fully saturated rings. The second kappa shape index (κ2) is 3.73. The maximum Gasteiger partial charge on any atom is 0.328 e. The number of hydrogen-bond acceptors (Lipinski definition) is 1. The standard InChI is InChI=1S/C11H11FN2O/c1-13-6-7-14(11(13)15)8-9-2-4-10(12)5-3-9/h2-7H,8H2,1H3. The lowest BCUT2D eigenvalue weighted by Gasteiger charge is -2.01. The first-order valence-electron chi connectivity index (χ1n) is 4.63. The van der Waals surface area contributed by atoms with Crippen molar-refractivity contribution in [3.63, 3.8) is 0 Å². The summed E-state index contributed by atoms with van der Waals surface area (Å²) >= 11 is 0. The summed E-state index contributed by atoms with van der Waals surface area (Å²) < 4.78 is 15.7. The van der Waals surface area contributed by atoms with Crippen molar-refractivity contribution in [2.45, 2.75) is 6.54 Å². The molecule has 0 radical (unpaired) electrons. The summed E-state index contributed by atoms with van der Waals surface area (Å²) in [6.07, 6.45) is 3.41. The third-order valence-corrected chi connectivity index (χ3v) is 2.28. The Labute approximate surface area is 86.4 Å². The van der Waals surface area contributed by atoms with Gasteiger partial charge >= 0.3 is 5.69 Å². The van der Waals surface area contributed by atoms with Crippen molar-refractivity contribution in [1.29, 1.82) is 0 Å². The molecule has 0 aliphatic carbocycles. The van der Waals surface area contributed by atoms with Crippen LogP contribution in [0.25, 0.3) is 0 Å². The SMILES string of the molecule is Cn1ccn(Cc2ccc(F)cc2)c1=O. The third-order valence-electron chi connectivity index (χ3n) is 2.28. The molecule has 0 atom stereocenters. The van der Waals surface area contributed by atoms with E-state index in [9.17, 15) is 9.18 Å². The Bertz CT molecular complexity index is 510. The van der Waals surface area contributed by atoms with Crippen LogP contribution >= 0.6 is 0 Å². The number of benzene rings is 1. The summed E-state index contributed by atoms with van der Waals surface area (Å²) in [6, 6.07) is 6.14. The van der Waals surface area contributed by atoms with Crippen molar-refractivity contribution < 1.29 is 4.39 Å². The zero-order valence-corrected chi connectivity index (χ0v) is 8.35. The molecule has 1 heterocycles. The zero-order valence-electron chi connectivity index (χ0n) is 8.35. The highest BCUT2D eigenvalue weighted by Gasteiger charge is 2.00. The molecule has 0 saturated heterocycles. The van der Waals surface area contributed by atoms with E-state index in [0.717, 1.165) is 5.56 Å². The van der Waals surface area contributed by atoms with Crippen molar-refractivity contribution in [2.24, 2.45) is 7.05 Å². The van der Waals surface area contributed by atoms with E-state index >= 15 is 0 Å². The topological polar surface area (TPSA) is 26.9 Å². The van der Waals surface area contributed by atoms with Gasteiger partial charge < -0.3 is 4.57 Å². The lowest BCUT2D eigenvalue weighted by molar-refractivity contribution is 0.625. The molecule has 0 saturated carbocycles. The molecule has 1 aromatic heterocycles. The van der Waals surface area contributed by atoms with Crippen LogP contribution < -0.4 is 5.69 Å². The molecule has 4 heteroatoms. The van der Waals surface area contributed by atoms with Gasteiger partial charge in [-0.2, -0.15) is 0 Å². The number of halogens is 1. The van der Waals surface area contributed by atoms with Gasteiger partial charge in [-0.3, -0.25) is 4.57 Å². The molecule has 78 valence electrons. The lowest BCUT2D eigenvalue weighted by atomic mass is 10.2. The summed E-state index contributed by atoms with van der Waals surface area (Å²) in [5.41, 5.74) is 0.837. The van der Waals surface area contributed by atoms with E-state index in [2.05, 4.69) is 0 Å². The van der Waals surface area contributed by atoms with Crippen LogP contribution in [0.15, 0.2) is 41.5 Å². The number of hydrogen-bond donors (Lipinski definition) is 0. The first-order valence-corrected chi connectivity index (χ1v) is 4.63. The average molecular weight is 206 g/mol. The summed E-state index contributed by atoms with van der Waals surface area (Å²) in [5.74, 6) is -0.265. The Morgan fingerprint density at radius 3 is 2.40 bits per heavy atom. The fourth-order valence-electron chi connectivity index (χ4n) is 1.42. The minimum atomic E-state index is -0.265. The average Bonchev–Trinajstić information content (AvgIpc) is 2.53. The van der Waals surface area contributed by atoms with Crippen molar-refractivity contribution in [1.82, 2.24) is 9.13 Å². The molecule has 1 aromatic carbocycles. The number of aromatic nitrogens is 2. The smallest absolute Gasteiger partial charge is 0.302 e. The molecule has 0 aliphatic heterocycles. The van der Waals surface area contributed by atoms with Gasteiger partial charge in [0.05, 0.1) is 6.54 Å². The van der Waals surface area contributed by atoms with E-state index in [1.807, 2.05) is 0 Å². The molecular weight excluding hydrogens is 195 g/mol. The lowest BCUT2D eigenvalue weighted by Crippen LogP contribution is -2.22. The molecule has 15 heavy (non-hydrogen) atoms. The van der Waals surface area contributed by atoms with Gasteiger partial charge in [0.1, 0.15) is 5.82 Å². The fraction of sp³-hybridized carbons (Fsp3) is 0.182. The first-order chi connectivity index (χ1) is 7.16. The van der Waals surface area contributed by atoms with E-state index in [-0.39, 0.29) is 11.5 Å². The van der Waals surface area contributed by atoms with Crippen LogP contribution in [0, 0.1) is 5.82 Å². The highest BCUT2D eigenvalue weighted by atomic mass is 19.1. The van der Waals surface area contributed by atoms with E-state index in [4.69, 9.17) is 0 Å². The molecule has 3 nitrogen and oxygen atoms in total. The van der Waals surface area contributed by atoms with Crippen molar-refractivity contribution in [3.05, 3.63) is 58.5 Å². The Morgan fingerprint density at radius 2 is 1.87 bits per heavy atom. The van der Waals surface area contributed by atoms with Gasteiger partial charge in [-0.1, -0.05) is 12.1 Å². The molecule has 2 aromatic rings. The Hall–Kier alpha value is -1.84. The van der Waals surface area contributed by atoms with Crippen LogP contribution in [0.1, 0.15) is 5.56 Å². The molecule has 0 N–H and O–H groups in total. The third kappa shape index (κ3) is 1.98. The number of rotatable bonds is 2. The van der Waals surface area contributed by atoms with Crippen LogP contribution in [0.5, 0.6) is 0 Å². The van der Waals surface area contributed by atoms with E-state index in [0.29, 0.717) is 6.54 Å². The molecule has 0 spiro atoms. The maximum absolute atomic E-state index is 12.6. The van der Waals surface area contributed by atoms with Crippen molar-refractivity contribution >= 4 is 0 Å². The Balaban J connectivity index is 2.26. The van der Waals surface area contributed by atoms with Crippen LogP contribution in [0.4, 0.5) is 4.39 Å². The highest BCUT2D eigenvalue weighted by Crippen LogP contribution is 2.03. The molecule has 0 amide bonds. The van der Waals surface area contributed by atoms with Gasteiger partial charge in [0.15, 0.2) is 0 Å². The summed E-state index contributed by atoms with van der Waals surface area (Å²) in [5, 5.41) is 0. The van der Waals surface area contributed by atoms with Crippen molar-refractivity contribution in [2.75, 3.05) is 0 Å². The molecular formula is C11H11FN2O. The quantitative estimate of drug-likeness (QED) is 0.729. The minimum Gasteiger partial charge on any atom is -0.302 e. The predicted octanol–water partition coefficient (Wildman–Crippen LogP) is 1.37. The van der Waals surface area contributed by atoms with E-state index in [1.165, 1.54) is 16.7 Å². The van der Waals surface area contributed by atoms with E-state index in [1.54, 1.807) is 36.1 Å². The van der Waals surface area contributed by atoms with Crippen LogP contribution in [0.2, 0.25) is 0 Å². The van der Waals surface area contributed by atoms with Crippen LogP contribution in [-0.2, 0) is 13.6 Å². The summed E-state index contributed by atoms with van der Waals surface area (Å²) in [4.78, 5) is 11.5. The number of imidazole rings is 1. The van der Waals surface area contributed by atoms with Gasteiger partial charge in [-0.25, -0.2) is 9.18 Å². The van der Waals surface area contributed by atoms with Gasteiger partial charge in [-0.15, -0.1) is 0 Å².